The summed E-state index contributed by atoms with van der Waals surface area (Å²) < 4.78 is 5.43. The number of carbonyl (C=O) groups is 1. The normalized spacial score (nSPS) is 18.3. The van der Waals surface area contributed by atoms with Crippen LogP contribution in [0.4, 0.5) is 0 Å². The van der Waals surface area contributed by atoms with Crippen LogP contribution in [0.5, 0.6) is 0 Å². The number of hydrogen-bond donors (Lipinski definition) is 2. The maximum Gasteiger partial charge on any atom is 0.195 e. The third-order valence-electron chi connectivity index (χ3n) is 4.70. The molecule has 0 bridgehead atoms. The van der Waals surface area contributed by atoms with E-state index in [0.29, 0.717) is 31.9 Å². The number of morpholine rings is 1. The number of ether oxygens (including phenoxy) is 1. The first-order valence-corrected chi connectivity index (χ1v) is 9.27. The molecular weight excluding hydrogens is 336 g/mol. The van der Waals surface area contributed by atoms with Crippen LogP contribution in [0.25, 0.3) is 10.9 Å². The molecule has 3 heterocycles. The molecule has 5 nitrogen and oxygen atoms in total. The Morgan fingerprint density at radius 3 is 2.76 bits per heavy atom. The van der Waals surface area contributed by atoms with Gasteiger partial charge in [0.15, 0.2) is 5.78 Å². The molecule has 2 N–H and O–H groups in total. The molecule has 1 fully saturated rings. The molecule has 130 valence electrons. The number of aliphatic hydroxyl groups is 1. The van der Waals surface area contributed by atoms with Gasteiger partial charge < -0.3 is 14.8 Å². The van der Waals surface area contributed by atoms with Crippen molar-refractivity contribution < 1.29 is 14.6 Å². The quantitative estimate of drug-likeness (QED) is 0.690. The Morgan fingerprint density at radius 2 is 2.00 bits per heavy atom. The number of nitrogens with one attached hydrogen (secondary N) is 1. The van der Waals surface area contributed by atoms with Gasteiger partial charge in [0.25, 0.3) is 0 Å². The average molecular weight is 356 g/mol. The molecule has 0 unspecified atom stereocenters. The van der Waals surface area contributed by atoms with Crippen molar-refractivity contribution >= 4 is 28.0 Å². The van der Waals surface area contributed by atoms with Gasteiger partial charge in [-0.15, -0.1) is 11.3 Å². The fraction of sp³-hybridized carbons (Fsp3) is 0.316. The van der Waals surface area contributed by atoms with Crippen molar-refractivity contribution in [1.29, 1.82) is 0 Å². The molecule has 4 rings (SSSR count). The summed E-state index contributed by atoms with van der Waals surface area (Å²) in [5.41, 5.74) is 1.44. The van der Waals surface area contributed by atoms with Gasteiger partial charge in [-0.1, -0.05) is 24.3 Å². The van der Waals surface area contributed by atoms with E-state index in [1.807, 2.05) is 41.8 Å². The Morgan fingerprint density at radius 1 is 1.20 bits per heavy atom. The molecule has 2 atom stereocenters. The van der Waals surface area contributed by atoms with E-state index in [2.05, 4.69) is 9.88 Å². The molecule has 1 aliphatic rings. The van der Waals surface area contributed by atoms with E-state index in [1.165, 1.54) is 0 Å². The van der Waals surface area contributed by atoms with Crippen LogP contribution in [0.2, 0.25) is 0 Å². The van der Waals surface area contributed by atoms with E-state index in [-0.39, 0.29) is 11.8 Å². The highest BCUT2D eigenvalue weighted by atomic mass is 32.1. The van der Waals surface area contributed by atoms with Gasteiger partial charge in [-0.3, -0.25) is 9.69 Å². The van der Waals surface area contributed by atoms with Gasteiger partial charge in [0.1, 0.15) is 6.10 Å². The molecule has 0 aliphatic carbocycles. The van der Waals surface area contributed by atoms with Crippen molar-refractivity contribution in [2.24, 2.45) is 0 Å². The third-order valence-corrected chi connectivity index (χ3v) is 5.64. The second kappa shape index (κ2) is 7.09. The van der Waals surface area contributed by atoms with Gasteiger partial charge >= 0.3 is 0 Å². The van der Waals surface area contributed by atoms with E-state index < -0.39 is 6.10 Å². The van der Waals surface area contributed by atoms with Crippen molar-refractivity contribution in [3.05, 3.63) is 58.4 Å². The lowest BCUT2D eigenvalue weighted by Crippen LogP contribution is -2.45. The number of nitrogens with zero attached hydrogens (tertiary/aromatic N) is 1. The van der Waals surface area contributed by atoms with Crippen LogP contribution in [0.3, 0.4) is 0 Å². The fourth-order valence-corrected chi connectivity index (χ4v) is 4.32. The zero-order valence-electron chi connectivity index (χ0n) is 13.7. The summed E-state index contributed by atoms with van der Waals surface area (Å²) in [5.74, 6) is -0.248. The largest absolute Gasteiger partial charge is 0.383 e. The maximum atomic E-state index is 13.1. The zero-order valence-corrected chi connectivity index (χ0v) is 14.5. The standard InChI is InChI=1S/C19H20N2O3S/c22-18(14-12-20-15-5-2-1-4-13(14)15)19(23)17(16-6-3-11-25-16)21-7-9-24-10-8-21/h1-6,11-12,17,19-20,23H,7-10H2/t17-,19+/m1/s1. The molecule has 1 saturated heterocycles. The van der Waals surface area contributed by atoms with E-state index in [1.54, 1.807) is 17.5 Å². The Bertz CT molecular complexity index is 853. The van der Waals surface area contributed by atoms with Crippen molar-refractivity contribution in [2.45, 2.75) is 12.1 Å². The maximum absolute atomic E-state index is 13.1. The Hall–Kier alpha value is -1.99. The smallest absolute Gasteiger partial charge is 0.195 e. The SMILES string of the molecule is O=C(c1c[nH]c2ccccc12)[C@@H](O)[C@@H](c1cccs1)N1CCOCC1. The fourth-order valence-electron chi connectivity index (χ4n) is 3.43. The molecule has 1 aliphatic heterocycles. The van der Waals surface area contributed by atoms with E-state index in [9.17, 15) is 9.90 Å². The summed E-state index contributed by atoms with van der Waals surface area (Å²) in [6.45, 7) is 2.66. The van der Waals surface area contributed by atoms with Crippen LogP contribution in [-0.2, 0) is 4.74 Å². The molecule has 1 aromatic carbocycles. The molecule has 6 heteroatoms. The monoisotopic (exact) mass is 356 g/mol. The number of carbonyl (C=O) groups excluding carboxylic acids is 1. The highest BCUT2D eigenvalue weighted by Gasteiger charge is 2.35. The van der Waals surface area contributed by atoms with Crippen molar-refractivity contribution in [3.8, 4) is 0 Å². The minimum Gasteiger partial charge on any atom is -0.383 e. The number of rotatable bonds is 5. The number of aromatic nitrogens is 1. The second-order valence-electron chi connectivity index (χ2n) is 6.17. The molecule has 3 aromatic rings. The first kappa shape index (κ1) is 16.5. The van der Waals surface area contributed by atoms with Crippen molar-refractivity contribution in [1.82, 2.24) is 9.88 Å². The average Bonchev–Trinajstić information content (AvgIpc) is 3.32. The molecular formula is C19H20N2O3S. The van der Waals surface area contributed by atoms with Gasteiger partial charge in [0, 0.05) is 40.6 Å². The van der Waals surface area contributed by atoms with Gasteiger partial charge in [-0.2, -0.15) is 0 Å². The minimum absolute atomic E-state index is 0.248. The molecule has 0 spiro atoms. The van der Waals surface area contributed by atoms with E-state index in [4.69, 9.17) is 4.74 Å². The summed E-state index contributed by atoms with van der Waals surface area (Å²) in [6, 6.07) is 11.2. The van der Waals surface area contributed by atoms with E-state index in [0.717, 1.165) is 15.8 Å². The number of aliphatic hydroxyl groups excluding tert-OH is 1. The summed E-state index contributed by atoms with van der Waals surface area (Å²) in [7, 11) is 0. The molecule has 25 heavy (non-hydrogen) atoms. The summed E-state index contributed by atoms with van der Waals surface area (Å²) >= 11 is 1.57. The highest BCUT2D eigenvalue weighted by molar-refractivity contribution is 7.10. The predicted octanol–water partition coefficient (Wildman–Crippen LogP) is 2.85. The number of fused-ring (bicyclic) bond motifs is 1. The van der Waals surface area contributed by atoms with Crippen LogP contribution in [0, 0.1) is 0 Å². The summed E-state index contributed by atoms with van der Waals surface area (Å²) in [5, 5.41) is 13.8. The number of benzene rings is 1. The number of hydrogen-bond acceptors (Lipinski definition) is 5. The summed E-state index contributed by atoms with van der Waals surface area (Å²) in [4.78, 5) is 19.3. The number of Topliss-reactive ketones (excluding diaryl/α,β-unsaturated/α-hetero) is 1. The third kappa shape index (κ3) is 3.14. The topological polar surface area (TPSA) is 65.6 Å². The van der Waals surface area contributed by atoms with Gasteiger partial charge in [0.05, 0.1) is 19.3 Å². The number of para-hydroxylation sites is 1. The van der Waals surface area contributed by atoms with Gasteiger partial charge in [-0.25, -0.2) is 0 Å². The van der Waals surface area contributed by atoms with Crippen molar-refractivity contribution in [2.75, 3.05) is 26.3 Å². The lowest BCUT2D eigenvalue weighted by molar-refractivity contribution is -0.0162. The Labute approximate surface area is 149 Å². The van der Waals surface area contributed by atoms with E-state index >= 15 is 0 Å². The van der Waals surface area contributed by atoms with Crippen LogP contribution in [0.1, 0.15) is 21.3 Å². The number of H-pyrrole nitrogens is 1. The lowest BCUT2D eigenvalue weighted by atomic mass is 9.97. The molecule has 2 aromatic heterocycles. The Kier molecular flexibility index (Phi) is 4.67. The predicted molar refractivity (Wildman–Crippen MR) is 98.1 cm³/mol. The zero-order chi connectivity index (χ0) is 17.2. The highest BCUT2D eigenvalue weighted by Crippen LogP contribution is 2.31. The number of ketones is 1. The lowest BCUT2D eigenvalue weighted by Gasteiger charge is -2.36. The van der Waals surface area contributed by atoms with Gasteiger partial charge in [0.2, 0.25) is 0 Å². The van der Waals surface area contributed by atoms with Crippen LogP contribution in [0.15, 0.2) is 48.0 Å². The second-order valence-corrected chi connectivity index (χ2v) is 7.14. The summed E-state index contributed by atoms with van der Waals surface area (Å²) in [6.07, 6.45) is 0.581. The van der Waals surface area contributed by atoms with Crippen LogP contribution >= 0.6 is 11.3 Å². The molecule has 0 radical (unpaired) electrons. The number of thiophene rings is 1. The first-order chi connectivity index (χ1) is 12.3. The van der Waals surface area contributed by atoms with Gasteiger partial charge in [-0.05, 0) is 17.5 Å². The first-order valence-electron chi connectivity index (χ1n) is 8.39. The van der Waals surface area contributed by atoms with Crippen LogP contribution < -0.4 is 0 Å². The number of aromatic amines is 1. The van der Waals surface area contributed by atoms with Crippen molar-refractivity contribution in [3.63, 3.8) is 0 Å². The van der Waals surface area contributed by atoms with Crippen LogP contribution in [-0.4, -0.2) is 53.2 Å². The molecule has 0 saturated carbocycles. The minimum atomic E-state index is -1.11. The Balaban J connectivity index is 1.67. The molecule has 0 amide bonds.